The molecule has 1 aromatic carbocycles. The van der Waals surface area contributed by atoms with Crippen LogP contribution in [0.4, 0.5) is 23.1 Å². The maximum Gasteiger partial charge on any atom is 0.136 e. The Labute approximate surface area is 166 Å². The van der Waals surface area contributed by atoms with Gasteiger partial charge in [0.25, 0.3) is 0 Å². The molecule has 0 bridgehead atoms. The van der Waals surface area contributed by atoms with E-state index in [4.69, 9.17) is 0 Å². The van der Waals surface area contributed by atoms with Gasteiger partial charge in [0.15, 0.2) is 0 Å². The monoisotopic (exact) mass is 374 g/mol. The molecule has 6 nitrogen and oxygen atoms in total. The van der Waals surface area contributed by atoms with Crippen molar-refractivity contribution in [2.45, 2.75) is 20.3 Å². The highest BCUT2D eigenvalue weighted by Gasteiger charge is 2.20. The summed E-state index contributed by atoms with van der Waals surface area (Å²) in [7, 11) is 0. The molecule has 6 heteroatoms. The zero-order chi connectivity index (χ0) is 19.3. The lowest BCUT2D eigenvalue weighted by Crippen LogP contribution is -2.47. The molecule has 3 heterocycles. The lowest BCUT2D eigenvalue weighted by atomic mass is 10.1. The lowest BCUT2D eigenvalue weighted by molar-refractivity contribution is 0.640. The SMILES string of the molecule is CCc1ccccc1Nc1cc(N2CCN(c3ccccn3)CC2)nc(C)n1. The first-order valence-corrected chi connectivity index (χ1v) is 9.84. The van der Waals surface area contributed by atoms with Gasteiger partial charge in [0.1, 0.15) is 23.3 Å². The van der Waals surface area contributed by atoms with Gasteiger partial charge in [-0.1, -0.05) is 31.2 Å². The summed E-state index contributed by atoms with van der Waals surface area (Å²) in [6, 6.07) is 16.5. The van der Waals surface area contributed by atoms with Gasteiger partial charge >= 0.3 is 0 Å². The molecule has 0 amide bonds. The summed E-state index contributed by atoms with van der Waals surface area (Å²) < 4.78 is 0. The Kier molecular flexibility index (Phi) is 5.37. The fourth-order valence-electron chi connectivity index (χ4n) is 3.57. The number of benzene rings is 1. The third-order valence-corrected chi connectivity index (χ3v) is 5.06. The first-order valence-electron chi connectivity index (χ1n) is 9.84. The second kappa shape index (κ2) is 8.25. The van der Waals surface area contributed by atoms with Crippen LogP contribution in [0.5, 0.6) is 0 Å². The molecule has 0 spiro atoms. The minimum Gasteiger partial charge on any atom is -0.353 e. The summed E-state index contributed by atoms with van der Waals surface area (Å²) in [4.78, 5) is 18.4. The van der Waals surface area contributed by atoms with Gasteiger partial charge in [-0.05, 0) is 37.1 Å². The van der Waals surface area contributed by atoms with Crippen LogP contribution >= 0.6 is 0 Å². The molecule has 0 radical (unpaired) electrons. The Hall–Kier alpha value is -3.15. The van der Waals surface area contributed by atoms with Crippen LogP contribution in [-0.4, -0.2) is 41.1 Å². The number of hydrogen-bond donors (Lipinski definition) is 1. The summed E-state index contributed by atoms with van der Waals surface area (Å²) in [5, 5.41) is 3.48. The van der Waals surface area contributed by atoms with E-state index < -0.39 is 0 Å². The number of rotatable bonds is 5. The van der Waals surface area contributed by atoms with Crippen LogP contribution in [-0.2, 0) is 6.42 Å². The number of para-hydroxylation sites is 1. The molecule has 144 valence electrons. The van der Waals surface area contributed by atoms with Gasteiger partial charge in [-0.25, -0.2) is 15.0 Å². The lowest BCUT2D eigenvalue weighted by Gasteiger charge is -2.36. The van der Waals surface area contributed by atoms with Crippen LogP contribution in [0.15, 0.2) is 54.7 Å². The average molecular weight is 374 g/mol. The van der Waals surface area contributed by atoms with Gasteiger partial charge in [-0.15, -0.1) is 0 Å². The number of piperazine rings is 1. The first-order chi connectivity index (χ1) is 13.7. The van der Waals surface area contributed by atoms with Crippen LogP contribution < -0.4 is 15.1 Å². The number of aromatic nitrogens is 3. The molecule has 1 aliphatic heterocycles. The highest BCUT2D eigenvalue weighted by molar-refractivity contribution is 5.63. The second-order valence-corrected chi connectivity index (χ2v) is 6.96. The highest BCUT2D eigenvalue weighted by Crippen LogP contribution is 2.24. The quantitative estimate of drug-likeness (QED) is 0.733. The van der Waals surface area contributed by atoms with Gasteiger partial charge in [0.2, 0.25) is 0 Å². The van der Waals surface area contributed by atoms with Crippen LogP contribution in [0.1, 0.15) is 18.3 Å². The van der Waals surface area contributed by atoms with E-state index in [0.29, 0.717) is 0 Å². The molecule has 3 aromatic rings. The molecule has 1 aliphatic rings. The summed E-state index contributed by atoms with van der Waals surface area (Å²) in [5.74, 6) is 3.64. The smallest absolute Gasteiger partial charge is 0.136 e. The number of nitrogens with one attached hydrogen (secondary N) is 1. The summed E-state index contributed by atoms with van der Waals surface area (Å²) in [5.41, 5.74) is 2.39. The van der Waals surface area contributed by atoms with Crippen molar-refractivity contribution in [3.63, 3.8) is 0 Å². The standard InChI is InChI=1S/C22H26N6/c1-3-18-8-4-5-9-19(18)26-20-16-22(25-17(2)24-20)28-14-12-27(13-15-28)21-10-6-7-11-23-21/h4-11,16H,3,12-15H2,1-2H3,(H,24,25,26). The third-order valence-electron chi connectivity index (χ3n) is 5.06. The molecule has 0 aliphatic carbocycles. The fraction of sp³-hybridized carbons (Fsp3) is 0.318. The van der Waals surface area contributed by atoms with E-state index in [-0.39, 0.29) is 0 Å². The summed E-state index contributed by atoms with van der Waals surface area (Å²) in [6.07, 6.45) is 2.83. The maximum atomic E-state index is 4.68. The number of anilines is 4. The Morgan fingerprint density at radius 3 is 2.32 bits per heavy atom. The van der Waals surface area contributed by atoms with E-state index >= 15 is 0 Å². The van der Waals surface area contributed by atoms with Crippen LogP contribution in [0.25, 0.3) is 0 Å². The number of nitrogens with zero attached hydrogens (tertiary/aromatic N) is 5. The highest BCUT2D eigenvalue weighted by atomic mass is 15.3. The van der Waals surface area contributed by atoms with Crippen molar-refractivity contribution < 1.29 is 0 Å². The Morgan fingerprint density at radius 1 is 0.893 bits per heavy atom. The molecule has 0 saturated carbocycles. The van der Waals surface area contributed by atoms with Crippen molar-refractivity contribution in [3.8, 4) is 0 Å². The van der Waals surface area contributed by atoms with Crippen molar-refractivity contribution in [3.05, 3.63) is 66.1 Å². The van der Waals surface area contributed by atoms with E-state index in [1.807, 2.05) is 31.3 Å². The zero-order valence-electron chi connectivity index (χ0n) is 16.5. The molecule has 4 rings (SSSR count). The Bertz CT molecular complexity index is 919. The van der Waals surface area contributed by atoms with Gasteiger partial charge in [-0.2, -0.15) is 0 Å². The van der Waals surface area contributed by atoms with Gasteiger partial charge in [0, 0.05) is 44.1 Å². The van der Waals surface area contributed by atoms with Crippen LogP contribution in [0.3, 0.4) is 0 Å². The average Bonchev–Trinajstić information content (AvgIpc) is 2.74. The van der Waals surface area contributed by atoms with Crippen molar-refractivity contribution in [2.75, 3.05) is 41.3 Å². The Morgan fingerprint density at radius 2 is 1.61 bits per heavy atom. The molecule has 0 atom stereocenters. The largest absolute Gasteiger partial charge is 0.353 e. The molecule has 0 unspecified atom stereocenters. The van der Waals surface area contributed by atoms with E-state index in [0.717, 1.165) is 61.6 Å². The van der Waals surface area contributed by atoms with E-state index in [1.54, 1.807) is 0 Å². The molecule has 1 N–H and O–H groups in total. The van der Waals surface area contributed by atoms with E-state index in [2.05, 4.69) is 67.3 Å². The van der Waals surface area contributed by atoms with Crippen LogP contribution in [0.2, 0.25) is 0 Å². The van der Waals surface area contributed by atoms with Crippen LogP contribution in [0, 0.1) is 6.92 Å². The molecule has 28 heavy (non-hydrogen) atoms. The normalized spacial score (nSPS) is 14.2. The van der Waals surface area contributed by atoms with E-state index in [1.165, 1.54) is 5.56 Å². The molecular weight excluding hydrogens is 348 g/mol. The Balaban J connectivity index is 1.49. The van der Waals surface area contributed by atoms with Gasteiger partial charge < -0.3 is 15.1 Å². The number of aryl methyl sites for hydroxylation is 2. The topological polar surface area (TPSA) is 57.2 Å². The molecule has 1 fully saturated rings. The van der Waals surface area contributed by atoms with Crippen molar-refractivity contribution in [1.82, 2.24) is 15.0 Å². The van der Waals surface area contributed by atoms with Gasteiger partial charge in [-0.3, -0.25) is 0 Å². The first kappa shape index (κ1) is 18.2. The zero-order valence-corrected chi connectivity index (χ0v) is 16.5. The predicted molar refractivity (Wildman–Crippen MR) is 115 cm³/mol. The maximum absolute atomic E-state index is 4.68. The predicted octanol–water partition coefficient (Wildman–Crippen LogP) is 3.81. The molecule has 2 aromatic heterocycles. The summed E-state index contributed by atoms with van der Waals surface area (Å²) in [6.45, 7) is 7.81. The van der Waals surface area contributed by atoms with Gasteiger partial charge in [0.05, 0.1) is 0 Å². The third kappa shape index (κ3) is 4.06. The van der Waals surface area contributed by atoms with Crippen molar-refractivity contribution >= 4 is 23.1 Å². The molecular formula is C22H26N6. The summed E-state index contributed by atoms with van der Waals surface area (Å²) >= 11 is 0. The van der Waals surface area contributed by atoms with Crippen molar-refractivity contribution in [2.24, 2.45) is 0 Å². The minimum absolute atomic E-state index is 0.779. The molecule has 1 saturated heterocycles. The number of pyridine rings is 1. The minimum atomic E-state index is 0.779. The van der Waals surface area contributed by atoms with Crippen molar-refractivity contribution in [1.29, 1.82) is 0 Å². The second-order valence-electron chi connectivity index (χ2n) is 6.96. The van der Waals surface area contributed by atoms with E-state index in [9.17, 15) is 0 Å². The fourth-order valence-corrected chi connectivity index (χ4v) is 3.57. The number of hydrogen-bond acceptors (Lipinski definition) is 6.